The van der Waals surface area contributed by atoms with Crippen molar-refractivity contribution in [1.29, 1.82) is 0 Å². The number of carbonyl (C=O) groups is 3. The fraction of sp³-hybridized carbons (Fsp3) is 0.409. The van der Waals surface area contributed by atoms with Gasteiger partial charge in [-0.25, -0.2) is 4.79 Å². The van der Waals surface area contributed by atoms with Crippen LogP contribution in [0, 0.1) is 13.8 Å². The number of ketones is 1. The van der Waals surface area contributed by atoms with Gasteiger partial charge in [0, 0.05) is 34.9 Å². The van der Waals surface area contributed by atoms with Gasteiger partial charge in [0.15, 0.2) is 5.78 Å². The van der Waals surface area contributed by atoms with Crippen LogP contribution in [0.2, 0.25) is 5.02 Å². The Labute approximate surface area is 176 Å². The minimum Gasteiger partial charge on any atom is -0.464 e. The average Bonchev–Trinajstić information content (AvgIpc) is 2.89. The molecule has 0 aliphatic heterocycles. The van der Waals surface area contributed by atoms with Gasteiger partial charge in [0.2, 0.25) is 0 Å². The molecule has 0 N–H and O–H groups in total. The molecule has 156 valence electrons. The number of aromatic nitrogens is 1. The summed E-state index contributed by atoms with van der Waals surface area (Å²) in [6, 6.07) is 5.71. The first-order valence-electron chi connectivity index (χ1n) is 9.39. The monoisotopic (exact) mass is 418 g/mol. The summed E-state index contributed by atoms with van der Waals surface area (Å²) >= 11 is 6.03. The van der Waals surface area contributed by atoms with Gasteiger partial charge in [-0.3, -0.25) is 9.59 Å². The average molecular weight is 419 g/mol. The fourth-order valence-corrected chi connectivity index (χ4v) is 3.88. The van der Waals surface area contributed by atoms with Crippen LogP contribution in [-0.4, -0.2) is 46.3 Å². The molecular formula is C22H27ClN2O4. The summed E-state index contributed by atoms with van der Waals surface area (Å²) in [6.45, 7) is 8.91. The van der Waals surface area contributed by atoms with Crippen LogP contribution < -0.4 is 0 Å². The quantitative estimate of drug-likeness (QED) is 0.520. The van der Waals surface area contributed by atoms with E-state index in [2.05, 4.69) is 0 Å². The van der Waals surface area contributed by atoms with Crippen LogP contribution in [0.4, 0.5) is 0 Å². The van der Waals surface area contributed by atoms with Crippen LogP contribution in [0.3, 0.4) is 0 Å². The zero-order valence-corrected chi connectivity index (χ0v) is 18.6. The molecule has 1 amide bonds. The Kier molecular flexibility index (Phi) is 6.90. The van der Waals surface area contributed by atoms with E-state index in [0.717, 1.165) is 0 Å². The predicted molar refractivity (Wildman–Crippen MR) is 113 cm³/mol. The second-order valence-corrected chi connectivity index (χ2v) is 7.78. The fourth-order valence-electron chi connectivity index (χ4n) is 3.69. The standard InChI is InChI=1S/C22H27ClN2O4/c1-12(2)25(21(27)16-9-8-10-17(23)11-16)15(5)20(26)18-13(3)19(22(28)29-7)24(6)14(18)4/h8-12,15H,1-7H3/t15-/m0/s1. The predicted octanol–water partition coefficient (Wildman–Crippen LogP) is 4.20. The summed E-state index contributed by atoms with van der Waals surface area (Å²) < 4.78 is 6.50. The number of halogens is 1. The molecule has 1 atom stereocenters. The molecule has 1 aromatic heterocycles. The van der Waals surface area contributed by atoms with Gasteiger partial charge in [-0.1, -0.05) is 17.7 Å². The van der Waals surface area contributed by atoms with Crippen molar-refractivity contribution in [2.45, 2.75) is 46.7 Å². The Bertz CT molecular complexity index is 962. The number of methoxy groups -OCH3 is 1. The van der Waals surface area contributed by atoms with Crippen LogP contribution in [-0.2, 0) is 11.8 Å². The lowest BCUT2D eigenvalue weighted by Gasteiger charge is -2.32. The number of Topliss-reactive ketones (excluding diaryl/α,β-unsaturated/α-hetero) is 1. The summed E-state index contributed by atoms with van der Waals surface area (Å²) in [7, 11) is 3.02. The smallest absolute Gasteiger partial charge is 0.354 e. The maximum absolute atomic E-state index is 13.4. The Morgan fingerprint density at radius 2 is 1.76 bits per heavy atom. The van der Waals surface area contributed by atoms with E-state index in [4.69, 9.17) is 16.3 Å². The molecule has 0 bridgehead atoms. The van der Waals surface area contributed by atoms with E-state index in [9.17, 15) is 14.4 Å². The first-order chi connectivity index (χ1) is 13.5. The number of carbonyl (C=O) groups excluding carboxylic acids is 3. The van der Waals surface area contributed by atoms with Crippen molar-refractivity contribution in [3.8, 4) is 0 Å². The van der Waals surface area contributed by atoms with E-state index >= 15 is 0 Å². The summed E-state index contributed by atoms with van der Waals surface area (Å²) in [6.07, 6.45) is 0. The molecule has 0 saturated heterocycles. The number of hydrogen-bond acceptors (Lipinski definition) is 4. The molecule has 0 radical (unpaired) electrons. The Hall–Kier alpha value is -2.60. The Morgan fingerprint density at radius 1 is 1.14 bits per heavy atom. The number of benzene rings is 1. The lowest BCUT2D eigenvalue weighted by Crippen LogP contribution is -2.47. The van der Waals surface area contributed by atoms with Gasteiger partial charge in [0.1, 0.15) is 5.69 Å². The third-order valence-electron chi connectivity index (χ3n) is 5.21. The van der Waals surface area contributed by atoms with Crippen molar-refractivity contribution in [1.82, 2.24) is 9.47 Å². The molecule has 6 nitrogen and oxygen atoms in total. The number of amides is 1. The third-order valence-corrected chi connectivity index (χ3v) is 5.45. The van der Waals surface area contributed by atoms with Crippen LogP contribution >= 0.6 is 11.6 Å². The molecule has 1 heterocycles. The molecule has 0 unspecified atom stereocenters. The van der Waals surface area contributed by atoms with Crippen molar-refractivity contribution < 1.29 is 19.1 Å². The van der Waals surface area contributed by atoms with Gasteiger partial charge in [0.25, 0.3) is 5.91 Å². The molecule has 0 saturated carbocycles. The maximum atomic E-state index is 13.4. The Morgan fingerprint density at radius 3 is 2.28 bits per heavy atom. The number of ether oxygens (including phenoxy) is 1. The van der Waals surface area contributed by atoms with E-state index in [0.29, 0.717) is 33.1 Å². The second-order valence-electron chi connectivity index (χ2n) is 7.34. The Balaban J connectivity index is 2.48. The van der Waals surface area contributed by atoms with E-state index in [1.165, 1.54) is 12.0 Å². The van der Waals surface area contributed by atoms with Crippen molar-refractivity contribution in [3.05, 3.63) is 57.4 Å². The summed E-state index contributed by atoms with van der Waals surface area (Å²) in [5.41, 5.74) is 2.39. The van der Waals surface area contributed by atoms with Gasteiger partial charge in [-0.2, -0.15) is 0 Å². The SMILES string of the molecule is COC(=O)c1c(C)c(C(=O)[C@H](C)N(C(=O)c2cccc(Cl)c2)C(C)C)c(C)n1C. The zero-order chi connectivity index (χ0) is 22.0. The molecule has 0 aliphatic carbocycles. The summed E-state index contributed by atoms with van der Waals surface area (Å²) in [5.74, 6) is -1.01. The van der Waals surface area contributed by atoms with Crippen molar-refractivity contribution in [3.63, 3.8) is 0 Å². The van der Waals surface area contributed by atoms with Gasteiger partial charge in [-0.05, 0) is 58.4 Å². The van der Waals surface area contributed by atoms with Crippen LogP contribution in [0.15, 0.2) is 24.3 Å². The molecule has 2 rings (SSSR count). The van der Waals surface area contributed by atoms with Crippen LogP contribution in [0.5, 0.6) is 0 Å². The lowest BCUT2D eigenvalue weighted by atomic mass is 9.98. The molecule has 29 heavy (non-hydrogen) atoms. The third kappa shape index (κ3) is 4.22. The zero-order valence-electron chi connectivity index (χ0n) is 17.9. The minimum absolute atomic E-state index is 0.218. The highest BCUT2D eigenvalue weighted by molar-refractivity contribution is 6.31. The van der Waals surface area contributed by atoms with Gasteiger partial charge < -0.3 is 14.2 Å². The highest BCUT2D eigenvalue weighted by atomic mass is 35.5. The van der Waals surface area contributed by atoms with Crippen LogP contribution in [0.25, 0.3) is 0 Å². The van der Waals surface area contributed by atoms with Crippen molar-refractivity contribution in [2.24, 2.45) is 7.05 Å². The van der Waals surface area contributed by atoms with Gasteiger partial charge >= 0.3 is 5.97 Å². The number of rotatable bonds is 6. The van der Waals surface area contributed by atoms with Crippen molar-refractivity contribution >= 4 is 29.3 Å². The van der Waals surface area contributed by atoms with Gasteiger partial charge in [0.05, 0.1) is 13.2 Å². The lowest BCUT2D eigenvalue weighted by molar-refractivity contribution is 0.0565. The topological polar surface area (TPSA) is 68.6 Å². The molecule has 7 heteroatoms. The number of nitrogens with zero attached hydrogens (tertiary/aromatic N) is 2. The normalized spacial score (nSPS) is 12.0. The molecule has 1 aromatic carbocycles. The molecule has 0 fully saturated rings. The number of esters is 1. The van der Waals surface area contributed by atoms with Crippen LogP contribution in [0.1, 0.15) is 63.2 Å². The second kappa shape index (κ2) is 8.82. The largest absolute Gasteiger partial charge is 0.464 e. The van der Waals surface area contributed by atoms with Gasteiger partial charge in [-0.15, -0.1) is 0 Å². The maximum Gasteiger partial charge on any atom is 0.354 e. The molecule has 0 aliphatic rings. The van der Waals surface area contributed by atoms with E-state index < -0.39 is 12.0 Å². The summed E-state index contributed by atoms with van der Waals surface area (Å²) in [4.78, 5) is 40.3. The summed E-state index contributed by atoms with van der Waals surface area (Å²) in [5, 5.41) is 0.455. The number of hydrogen-bond donors (Lipinski definition) is 0. The van der Waals surface area contributed by atoms with Crippen molar-refractivity contribution in [2.75, 3.05) is 7.11 Å². The highest BCUT2D eigenvalue weighted by Gasteiger charge is 2.34. The molecule has 2 aromatic rings. The van der Waals surface area contributed by atoms with E-state index in [1.54, 1.807) is 56.7 Å². The van der Waals surface area contributed by atoms with E-state index in [1.807, 2.05) is 13.8 Å². The molecular weight excluding hydrogens is 392 g/mol. The highest BCUT2D eigenvalue weighted by Crippen LogP contribution is 2.26. The first-order valence-corrected chi connectivity index (χ1v) is 9.77. The first kappa shape index (κ1) is 22.7. The minimum atomic E-state index is -0.730. The molecule has 0 spiro atoms. The van der Waals surface area contributed by atoms with E-state index in [-0.39, 0.29) is 17.7 Å².